The molecule has 0 heterocycles. The van der Waals surface area contributed by atoms with Crippen LogP contribution in [0.1, 0.15) is 64.7 Å². The van der Waals surface area contributed by atoms with Crippen LogP contribution in [0.2, 0.25) is 0 Å². The van der Waals surface area contributed by atoms with Crippen molar-refractivity contribution in [3.63, 3.8) is 0 Å². The highest BCUT2D eigenvalue weighted by molar-refractivity contribution is 5.18. The van der Waals surface area contributed by atoms with Crippen LogP contribution in [0.5, 0.6) is 0 Å². The molecule has 2 aliphatic carbocycles. The molecule has 0 aromatic heterocycles. The molecule has 0 bridgehead atoms. The van der Waals surface area contributed by atoms with Crippen molar-refractivity contribution in [1.29, 1.82) is 0 Å². The third kappa shape index (κ3) is 2.15. The van der Waals surface area contributed by atoms with Gasteiger partial charge < -0.3 is 0 Å². The molecule has 0 atom stereocenters. The molecule has 0 saturated heterocycles. The Balaban J connectivity index is 2.04. The van der Waals surface area contributed by atoms with E-state index in [4.69, 9.17) is 0 Å². The van der Waals surface area contributed by atoms with Crippen LogP contribution in [0.25, 0.3) is 0 Å². The maximum Gasteiger partial charge on any atom is -0.0201 e. The summed E-state index contributed by atoms with van der Waals surface area (Å²) < 4.78 is 0. The fourth-order valence-electron chi connectivity index (χ4n) is 3.08. The van der Waals surface area contributed by atoms with Gasteiger partial charge in [0.15, 0.2) is 0 Å². The second kappa shape index (κ2) is 4.30. The summed E-state index contributed by atoms with van der Waals surface area (Å²) in [6.07, 6.45) is 13.2. The van der Waals surface area contributed by atoms with E-state index in [0.29, 0.717) is 0 Å². The largest absolute Gasteiger partial charge is 0.0738 e. The zero-order valence-electron chi connectivity index (χ0n) is 8.94. The van der Waals surface area contributed by atoms with Gasteiger partial charge in [-0.25, -0.2) is 0 Å². The van der Waals surface area contributed by atoms with Crippen LogP contribution < -0.4 is 0 Å². The van der Waals surface area contributed by atoms with Crippen molar-refractivity contribution in [2.75, 3.05) is 0 Å². The van der Waals surface area contributed by atoms with E-state index < -0.39 is 0 Å². The lowest BCUT2D eigenvalue weighted by Crippen LogP contribution is -2.13. The lowest BCUT2D eigenvalue weighted by molar-refractivity contribution is 0.383. The predicted octanol–water partition coefficient (Wildman–Crippen LogP) is 4.46. The number of hydrogen-bond donors (Lipinski definition) is 0. The summed E-state index contributed by atoms with van der Waals surface area (Å²) in [6.45, 7) is 2.38. The molecule has 2 aliphatic rings. The van der Waals surface area contributed by atoms with E-state index in [0.717, 1.165) is 5.92 Å². The average Bonchev–Trinajstić information content (AvgIpc) is 2.20. The van der Waals surface area contributed by atoms with E-state index in [1.165, 1.54) is 57.8 Å². The van der Waals surface area contributed by atoms with Crippen LogP contribution in [0.15, 0.2) is 11.1 Å². The Kier molecular flexibility index (Phi) is 3.08. The van der Waals surface area contributed by atoms with E-state index in [1.807, 2.05) is 5.57 Å². The molecular weight excluding hydrogens is 156 g/mol. The van der Waals surface area contributed by atoms with Crippen LogP contribution in [-0.2, 0) is 0 Å². The molecule has 0 unspecified atom stereocenters. The minimum absolute atomic E-state index is 0.994. The molecule has 0 spiro atoms. The van der Waals surface area contributed by atoms with Gasteiger partial charge in [-0.2, -0.15) is 0 Å². The average molecular weight is 178 g/mol. The standard InChI is InChI=1S/C13H22/c1-11-7-5-6-10-13(11)12-8-3-2-4-9-12/h12H,2-10H2,1H3. The minimum atomic E-state index is 0.994. The summed E-state index contributed by atoms with van der Waals surface area (Å²) in [5.74, 6) is 0.994. The van der Waals surface area contributed by atoms with Crippen molar-refractivity contribution in [2.45, 2.75) is 64.7 Å². The van der Waals surface area contributed by atoms with E-state index >= 15 is 0 Å². The highest BCUT2D eigenvalue weighted by Gasteiger charge is 2.20. The van der Waals surface area contributed by atoms with Gasteiger partial charge >= 0.3 is 0 Å². The Morgan fingerprint density at radius 2 is 1.54 bits per heavy atom. The Morgan fingerprint density at radius 3 is 2.23 bits per heavy atom. The van der Waals surface area contributed by atoms with Crippen molar-refractivity contribution in [1.82, 2.24) is 0 Å². The van der Waals surface area contributed by atoms with Gasteiger partial charge in [-0.1, -0.05) is 30.4 Å². The molecule has 74 valence electrons. The highest BCUT2D eigenvalue weighted by Crippen LogP contribution is 2.37. The fourth-order valence-corrected chi connectivity index (χ4v) is 3.08. The third-order valence-electron chi connectivity index (χ3n) is 3.89. The quantitative estimate of drug-likeness (QED) is 0.520. The Hall–Kier alpha value is -0.260. The van der Waals surface area contributed by atoms with Crippen LogP contribution in [0.4, 0.5) is 0 Å². The van der Waals surface area contributed by atoms with Crippen LogP contribution in [-0.4, -0.2) is 0 Å². The summed E-state index contributed by atoms with van der Waals surface area (Å²) in [5.41, 5.74) is 3.61. The second-order valence-corrected chi connectivity index (χ2v) is 4.85. The van der Waals surface area contributed by atoms with Gasteiger partial charge in [0, 0.05) is 0 Å². The topological polar surface area (TPSA) is 0 Å². The molecule has 0 radical (unpaired) electrons. The maximum atomic E-state index is 2.38. The van der Waals surface area contributed by atoms with Gasteiger partial charge in [-0.15, -0.1) is 0 Å². The first kappa shape index (κ1) is 9.30. The zero-order chi connectivity index (χ0) is 9.10. The molecule has 13 heavy (non-hydrogen) atoms. The van der Waals surface area contributed by atoms with Gasteiger partial charge in [-0.3, -0.25) is 0 Å². The van der Waals surface area contributed by atoms with Crippen LogP contribution in [0.3, 0.4) is 0 Å². The van der Waals surface area contributed by atoms with Crippen LogP contribution in [0, 0.1) is 5.92 Å². The van der Waals surface area contributed by atoms with Crippen molar-refractivity contribution >= 4 is 0 Å². The monoisotopic (exact) mass is 178 g/mol. The van der Waals surface area contributed by atoms with E-state index in [1.54, 1.807) is 5.57 Å². The molecule has 0 heteroatoms. The predicted molar refractivity (Wildman–Crippen MR) is 57.7 cm³/mol. The number of allylic oxidation sites excluding steroid dienone is 2. The molecule has 1 fully saturated rings. The second-order valence-electron chi connectivity index (χ2n) is 4.85. The summed E-state index contributed by atoms with van der Waals surface area (Å²) in [7, 11) is 0. The first-order valence-electron chi connectivity index (χ1n) is 6.06. The summed E-state index contributed by atoms with van der Waals surface area (Å²) in [6, 6.07) is 0. The molecule has 0 aliphatic heterocycles. The molecule has 0 N–H and O–H groups in total. The van der Waals surface area contributed by atoms with E-state index in [-0.39, 0.29) is 0 Å². The Bertz CT molecular complexity index is 194. The van der Waals surface area contributed by atoms with Crippen molar-refractivity contribution in [2.24, 2.45) is 5.92 Å². The Morgan fingerprint density at radius 1 is 0.846 bits per heavy atom. The maximum absolute atomic E-state index is 2.38. The fraction of sp³-hybridized carbons (Fsp3) is 0.846. The lowest BCUT2D eigenvalue weighted by atomic mass is 9.77. The molecule has 0 nitrogen and oxygen atoms in total. The molecule has 2 rings (SSSR count). The number of rotatable bonds is 1. The smallest absolute Gasteiger partial charge is 0.0201 e. The van der Waals surface area contributed by atoms with Gasteiger partial charge in [0.2, 0.25) is 0 Å². The molecule has 1 saturated carbocycles. The first-order chi connectivity index (χ1) is 6.38. The molecule has 0 amide bonds. The van der Waals surface area contributed by atoms with Crippen molar-refractivity contribution in [3.05, 3.63) is 11.1 Å². The lowest BCUT2D eigenvalue weighted by Gasteiger charge is -2.29. The summed E-state index contributed by atoms with van der Waals surface area (Å²) >= 11 is 0. The highest BCUT2D eigenvalue weighted by atomic mass is 14.3. The van der Waals surface area contributed by atoms with E-state index in [2.05, 4.69) is 6.92 Å². The van der Waals surface area contributed by atoms with Gasteiger partial charge in [0.1, 0.15) is 0 Å². The molecular formula is C13H22. The van der Waals surface area contributed by atoms with Crippen LogP contribution >= 0.6 is 0 Å². The summed E-state index contributed by atoms with van der Waals surface area (Å²) in [5, 5.41) is 0. The van der Waals surface area contributed by atoms with E-state index in [9.17, 15) is 0 Å². The normalized spacial score (nSPS) is 26.5. The van der Waals surface area contributed by atoms with Crippen molar-refractivity contribution < 1.29 is 0 Å². The summed E-state index contributed by atoms with van der Waals surface area (Å²) in [4.78, 5) is 0. The third-order valence-corrected chi connectivity index (χ3v) is 3.89. The molecule has 0 aromatic rings. The minimum Gasteiger partial charge on any atom is -0.0738 e. The van der Waals surface area contributed by atoms with Gasteiger partial charge in [0.05, 0.1) is 0 Å². The van der Waals surface area contributed by atoms with Gasteiger partial charge in [0.25, 0.3) is 0 Å². The first-order valence-corrected chi connectivity index (χ1v) is 6.06. The zero-order valence-corrected chi connectivity index (χ0v) is 8.94. The number of hydrogen-bond acceptors (Lipinski definition) is 0. The van der Waals surface area contributed by atoms with Crippen molar-refractivity contribution in [3.8, 4) is 0 Å². The molecule has 0 aromatic carbocycles. The van der Waals surface area contributed by atoms with Gasteiger partial charge in [-0.05, 0) is 51.4 Å². The SMILES string of the molecule is CC1=C(C2CCCCC2)CCCC1. The Labute approximate surface area is 82.4 Å².